The third-order valence-electron chi connectivity index (χ3n) is 3.35. The summed E-state index contributed by atoms with van der Waals surface area (Å²) in [6.45, 7) is 4.01. The predicted octanol–water partition coefficient (Wildman–Crippen LogP) is 4.12. The van der Waals surface area contributed by atoms with E-state index in [4.69, 9.17) is 22.1 Å². The highest BCUT2D eigenvalue weighted by molar-refractivity contribution is 6.30. The average Bonchev–Trinajstić information content (AvgIpc) is 2.49. The van der Waals surface area contributed by atoms with Crippen molar-refractivity contribution >= 4 is 11.6 Å². The van der Waals surface area contributed by atoms with E-state index in [1.165, 1.54) is 11.1 Å². The molecule has 0 spiro atoms. The zero-order valence-corrected chi connectivity index (χ0v) is 12.4. The van der Waals surface area contributed by atoms with E-state index in [1.807, 2.05) is 24.3 Å². The highest BCUT2D eigenvalue weighted by Crippen LogP contribution is 2.15. The molecule has 0 fully saturated rings. The fourth-order valence-corrected chi connectivity index (χ4v) is 2.07. The van der Waals surface area contributed by atoms with Crippen molar-refractivity contribution in [2.75, 3.05) is 6.54 Å². The second-order valence-electron chi connectivity index (χ2n) is 5.00. The molecule has 0 saturated carbocycles. The minimum Gasteiger partial charge on any atom is -0.372 e. The molecule has 0 saturated heterocycles. The van der Waals surface area contributed by atoms with Crippen molar-refractivity contribution in [1.82, 2.24) is 0 Å². The SMILES string of the molecule is CC(CN)c1ccc(COCc2ccc(Cl)cc2)cc1. The van der Waals surface area contributed by atoms with Crippen LogP contribution >= 0.6 is 11.6 Å². The summed E-state index contributed by atoms with van der Waals surface area (Å²) < 4.78 is 5.70. The zero-order chi connectivity index (χ0) is 14.4. The van der Waals surface area contributed by atoms with Crippen LogP contribution in [-0.4, -0.2) is 6.54 Å². The fourth-order valence-electron chi connectivity index (χ4n) is 1.95. The first-order valence-electron chi connectivity index (χ1n) is 6.80. The van der Waals surface area contributed by atoms with Crippen LogP contribution in [0.1, 0.15) is 29.5 Å². The van der Waals surface area contributed by atoms with E-state index >= 15 is 0 Å². The normalized spacial score (nSPS) is 12.3. The minimum absolute atomic E-state index is 0.402. The molecule has 3 heteroatoms. The molecule has 1 atom stereocenters. The Morgan fingerprint density at radius 3 is 1.95 bits per heavy atom. The van der Waals surface area contributed by atoms with Crippen molar-refractivity contribution in [2.45, 2.75) is 26.1 Å². The molecule has 0 radical (unpaired) electrons. The van der Waals surface area contributed by atoms with E-state index in [-0.39, 0.29) is 0 Å². The second kappa shape index (κ2) is 7.44. The Morgan fingerprint density at radius 2 is 1.45 bits per heavy atom. The van der Waals surface area contributed by atoms with E-state index < -0.39 is 0 Å². The van der Waals surface area contributed by atoms with Gasteiger partial charge in [-0.25, -0.2) is 0 Å². The summed E-state index contributed by atoms with van der Waals surface area (Å²) in [4.78, 5) is 0. The van der Waals surface area contributed by atoms with Gasteiger partial charge in [-0.3, -0.25) is 0 Å². The van der Waals surface area contributed by atoms with Gasteiger partial charge in [-0.15, -0.1) is 0 Å². The Kier molecular flexibility index (Phi) is 5.60. The predicted molar refractivity (Wildman–Crippen MR) is 83.9 cm³/mol. The summed E-state index contributed by atoms with van der Waals surface area (Å²) in [5, 5.41) is 0.748. The number of hydrogen-bond acceptors (Lipinski definition) is 2. The van der Waals surface area contributed by atoms with Crippen LogP contribution in [0.3, 0.4) is 0 Å². The Hall–Kier alpha value is -1.35. The van der Waals surface area contributed by atoms with Crippen LogP contribution in [-0.2, 0) is 18.0 Å². The maximum atomic E-state index is 5.84. The highest BCUT2D eigenvalue weighted by atomic mass is 35.5. The molecule has 0 aliphatic rings. The van der Waals surface area contributed by atoms with Crippen LogP contribution in [0, 0.1) is 0 Å². The quantitative estimate of drug-likeness (QED) is 0.868. The molecule has 0 bridgehead atoms. The Bertz CT molecular complexity index is 522. The molecule has 20 heavy (non-hydrogen) atoms. The molecule has 0 aromatic heterocycles. The van der Waals surface area contributed by atoms with Gasteiger partial charge >= 0.3 is 0 Å². The first kappa shape index (κ1) is 15.0. The van der Waals surface area contributed by atoms with Gasteiger partial charge in [0, 0.05) is 5.02 Å². The summed E-state index contributed by atoms with van der Waals surface area (Å²) in [5.41, 5.74) is 9.24. The van der Waals surface area contributed by atoms with E-state index in [1.54, 1.807) is 0 Å². The molecule has 0 amide bonds. The lowest BCUT2D eigenvalue weighted by Gasteiger charge is -2.10. The third kappa shape index (κ3) is 4.34. The van der Waals surface area contributed by atoms with Crippen molar-refractivity contribution in [3.05, 3.63) is 70.2 Å². The number of benzene rings is 2. The van der Waals surface area contributed by atoms with Gasteiger partial charge in [-0.05, 0) is 41.3 Å². The van der Waals surface area contributed by atoms with Crippen LogP contribution in [0.15, 0.2) is 48.5 Å². The second-order valence-corrected chi connectivity index (χ2v) is 5.43. The van der Waals surface area contributed by atoms with Gasteiger partial charge in [0.1, 0.15) is 0 Å². The van der Waals surface area contributed by atoms with E-state index in [9.17, 15) is 0 Å². The van der Waals surface area contributed by atoms with Crippen LogP contribution in [0.4, 0.5) is 0 Å². The maximum absolute atomic E-state index is 5.84. The van der Waals surface area contributed by atoms with Crippen molar-refractivity contribution in [1.29, 1.82) is 0 Å². The number of halogens is 1. The molecule has 0 aliphatic heterocycles. The minimum atomic E-state index is 0.402. The van der Waals surface area contributed by atoms with Crippen LogP contribution in [0.2, 0.25) is 5.02 Å². The van der Waals surface area contributed by atoms with Gasteiger partial charge < -0.3 is 10.5 Å². The lowest BCUT2D eigenvalue weighted by Crippen LogP contribution is -2.08. The van der Waals surface area contributed by atoms with Crippen LogP contribution < -0.4 is 5.73 Å². The number of ether oxygens (including phenoxy) is 1. The molecule has 0 heterocycles. The zero-order valence-electron chi connectivity index (χ0n) is 11.7. The summed E-state index contributed by atoms with van der Waals surface area (Å²) >= 11 is 5.84. The largest absolute Gasteiger partial charge is 0.372 e. The van der Waals surface area contributed by atoms with Crippen molar-refractivity contribution in [3.63, 3.8) is 0 Å². The van der Waals surface area contributed by atoms with E-state index in [0.29, 0.717) is 25.7 Å². The lowest BCUT2D eigenvalue weighted by molar-refractivity contribution is 0.107. The van der Waals surface area contributed by atoms with Crippen LogP contribution in [0.25, 0.3) is 0 Å². The monoisotopic (exact) mass is 289 g/mol. The number of hydrogen-bond donors (Lipinski definition) is 1. The molecule has 2 N–H and O–H groups in total. The Balaban J connectivity index is 1.83. The van der Waals surface area contributed by atoms with Gasteiger partial charge in [0.2, 0.25) is 0 Å². The number of nitrogens with two attached hydrogens (primary N) is 1. The molecule has 2 aromatic rings. The standard InChI is InChI=1S/C17H20ClNO/c1-13(10-19)16-6-2-14(3-7-16)11-20-12-15-4-8-17(18)9-5-15/h2-9,13H,10-12,19H2,1H3. The topological polar surface area (TPSA) is 35.2 Å². The Morgan fingerprint density at radius 1 is 0.950 bits per heavy atom. The molecular formula is C17H20ClNO. The van der Waals surface area contributed by atoms with Gasteiger partial charge in [-0.1, -0.05) is 54.9 Å². The maximum Gasteiger partial charge on any atom is 0.0721 e. The van der Waals surface area contributed by atoms with Gasteiger partial charge in [0.05, 0.1) is 13.2 Å². The van der Waals surface area contributed by atoms with Gasteiger partial charge in [-0.2, -0.15) is 0 Å². The third-order valence-corrected chi connectivity index (χ3v) is 3.60. The first-order valence-corrected chi connectivity index (χ1v) is 7.18. The molecule has 0 aliphatic carbocycles. The molecule has 2 nitrogen and oxygen atoms in total. The number of rotatable bonds is 6. The molecule has 106 valence electrons. The summed E-state index contributed by atoms with van der Waals surface area (Å²) in [5.74, 6) is 0.402. The lowest BCUT2D eigenvalue weighted by atomic mass is 10.0. The smallest absolute Gasteiger partial charge is 0.0721 e. The van der Waals surface area contributed by atoms with Gasteiger partial charge in [0.25, 0.3) is 0 Å². The molecular weight excluding hydrogens is 270 g/mol. The van der Waals surface area contributed by atoms with Crippen LogP contribution in [0.5, 0.6) is 0 Å². The molecule has 2 aromatic carbocycles. The summed E-state index contributed by atoms with van der Waals surface area (Å²) in [6.07, 6.45) is 0. The summed E-state index contributed by atoms with van der Waals surface area (Å²) in [6, 6.07) is 16.2. The van der Waals surface area contributed by atoms with Gasteiger partial charge in [0.15, 0.2) is 0 Å². The Labute approximate surface area is 125 Å². The average molecular weight is 290 g/mol. The van der Waals surface area contributed by atoms with Crippen molar-refractivity contribution < 1.29 is 4.74 Å². The molecule has 2 rings (SSSR count). The van der Waals surface area contributed by atoms with Crippen molar-refractivity contribution in [2.24, 2.45) is 5.73 Å². The highest BCUT2D eigenvalue weighted by Gasteiger charge is 2.02. The first-order chi connectivity index (χ1) is 9.69. The summed E-state index contributed by atoms with van der Waals surface area (Å²) in [7, 11) is 0. The van der Waals surface area contributed by atoms with E-state index in [0.717, 1.165) is 10.6 Å². The van der Waals surface area contributed by atoms with E-state index in [2.05, 4.69) is 31.2 Å². The molecule has 1 unspecified atom stereocenters. The van der Waals surface area contributed by atoms with Crippen molar-refractivity contribution in [3.8, 4) is 0 Å². The fraction of sp³-hybridized carbons (Fsp3) is 0.294.